The Morgan fingerprint density at radius 1 is 1.38 bits per heavy atom. The quantitative estimate of drug-likeness (QED) is 0.666. The maximum Gasteiger partial charge on any atom is 0.223 e. The summed E-state index contributed by atoms with van der Waals surface area (Å²) >= 11 is 0. The van der Waals surface area contributed by atoms with Crippen LogP contribution in [0.15, 0.2) is 27.7 Å². The van der Waals surface area contributed by atoms with Gasteiger partial charge in [0.1, 0.15) is 6.54 Å². The molecular formula is C15H19N5O. The zero-order valence-electron chi connectivity index (χ0n) is 12.1. The lowest BCUT2D eigenvalue weighted by atomic mass is 9.90. The van der Waals surface area contributed by atoms with Crippen molar-refractivity contribution in [1.82, 2.24) is 10.1 Å². The number of nitrogens with zero attached hydrogens (tertiary/aromatic N) is 3. The van der Waals surface area contributed by atoms with Crippen molar-refractivity contribution in [2.24, 2.45) is 10.7 Å². The Bertz CT molecular complexity index is 662. The Hall–Kier alpha value is -2.37. The van der Waals surface area contributed by atoms with Crippen molar-refractivity contribution in [1.29, 1.82) is 0 Å². The van der Waals surface area contributed by atoms with E-state index >= 15 is 0 Å². The Labute approximate surface area is 123 Å². The van der Waals surface area contributed by atoms with Gasteiger partial charge < -0.3 is 15.6 Å². The molecule has 0 fully saturated rings. The van der Waals surface area contributed by atoms with E-state index in [9.17, 15) is 0 Å². The molecule has 1 aliphatic rings. The van der Waals surface area contributed by atoms with Gasteiger partial charge in [-0.3, -0.25) is 0 Å². The first-order valence-electron chi connectivity index (χ1n) is 7.19. The van der Waals surface area contributed by atoms with Gasteiger partial charge in [-0.2, -0.15) is 4.98 Å². The minimum atomic E-state index is 0.311. The van der Waals surface area contributed by atoms with E-state index in [0.717, 1.165) is 18.5 Å². The van der Waals surface area contributed by atoms with Crippen LogP contribution in [-0.4, -0.2) is 16.1 Å². The van der Waals surface area contributed by atoms with Crippen LogP contribution in [0.5, 0.6) is 0 Å². The largest absolute Gasteiger partial charge is 0.370 e. The molecule has 3 rings (SSSR count). The van der Waals surface area contributed by atoms with Crippen molar-refractivity contribution >= 4 is 11.6 Å². The van der Waals surface area contributed by atoms with Gasteiger partial charge in [-0.1, -0.05) is 17.3 Å². The number of nitrogens with two attached hydrogens (primary N) is 1. The molecule has 6 nitrogen and oxygen atoms in total. The molecule has 0 spiro atoms. The number of nitrogens with one attached hydrogen (secondary N) is 1. The summed E-state index contributed by atoms with van der Waals surface area (Å²) in [6.07, 6.45) is 4.72. The molecule has 0 saturated heterocycles. The van der Waals surface area contributed by atoms with Crippen LogP contribution in [0.4, 0.5) is 5.69 Å². The SMILES string of the molecule is Cc1nc(CN=C(N)Nc2cccc3c2CCCC3)no1. The van der Waals surface area contributed by atoms with E-state index in [4.69, 9.17) is 10.3 Å². The van der Waals surface area contributed by atoms with Crippen LogP contribution >= 0.6 is 0 Å². The topological polar surface area (TPSA) is 89.3 Å². The van der Waals surface area contributed by atoms with Gasteiger partial charge in [-0.15, -0.1) is 0 Å². The molecule has 1 aromatic heterocycles. The standard InChI is InChI=1S/C15H19N5O/c1-10-18-14(20-21-10)9-17-15(16)19-13-8-4-6-11-5-2-3-7-12(11)13/h4,6,8H,2-3,5,7,9H2,1H3,(H3,16,17,19). The van der Waals surface area contributed by atoms with Crippen LogP contribution in [-0.2, 0) is 19.4 Å². The average molecular weight is 285 g/mol. The molecule has 6 heteroatoms. The summed E-state index contributed by atoms with van der Waals surface area (Å²) < 4.78 is 4.90. The predicted octanol–water partition coefficient (Wildman–Crippen LogP) is 2.18. The summed E-state index contributed by atoms with van der Waals surface area (Å²) in [6.45, 7) is 2.06. The second kappa shape index (κ2) is 5.95. The van der Waals surface area contributed by atoms with Gasteiger partial charge in [0.2, 0.25) is 5.89 Å². The highest BCUT2D eigenvalue weighted by Gasteiger charge is 2.13. The number of hydrogen-bond acceptors (Lipinski definition) is 4. The Morgan fingerprint density at radius 2 is 2.24 bits per heavy atom. The summed E-state index contributed by atoms with van der Waals surface area (Å²) in [5.74, 6) is 1.44. The molecule has 0 saturated carbocycles. The Balaban J connectivity index is 1.71. The van der Waals surface area contributed by atoms with Crippen molar-refractivity contribution < 1.29 is 4.52 Å². The van der Waals surface area contributed by atoms with Crippen LogP contribution < -0.4 is 11.1 Å². The Kier molecular flexibility index (Phi) is 3.85. The number of anilines is 1. The molecule has 2 aromatic rings. The number of aromatic nitrogens is 2. The molecule has 0 radical (unpaired) electrons. The monoisotopic (exact) mass is 285 g/mol. The average Bonchev–Trinajstić information content (AvgIpc) is 2.91. The van der Waals surface area contributed by atoms with Crippen LogP contribution in [0.25, 0.3) is 0 Å². The van der Waals surface area contributed by atoms with E-state index in [0.29, 0.717) is 24.2 Å². The fourth-order valence-corrected chi connectivity index (χ4v) is 2.64. The van der Waals surface area contributed by atoms with Gasteiger partial charge in [-0.25, -0.2) is 4.99 Å². The van der Waals surface area contributed by atoms with Gasteiger partial charge in [-0.05, 0) is 42.9 Å². The highest BCUT2D eigenvalue weighted by atomic mass is 16.5. The lowest BCUT2D eigenvalue weighted by molar-refractivity contribution is 0.387. The molecule has 0 unspecified atom stereocenters. The minimum Gasteiger partial charge on any atom is -0.370 e. The van der Waals surface area contributed by atoms with E-state index in [1.165, 1.54) is 24.0 Å². The van der Waals surface area contributed by atoms with Crippen molar-refractivity contribution in [2.75, 3.05) is 5.32 Å². The normalized spacial score (nSPS) is 14.8. The lowest BCUT2D eigenvalue weighted by Crippen LogP contribution is -2.24. The number of aliphatic imine (C=N–C) groups is 1. The van der Waals surface area contributed by atoms with E-state index in [-0.39, 0.29) is 0 Å². The molecule has 1 aliphatic carbocycles. The number of hydrogen-bond donors (Lipinski definition) is 2. The van der Waals surface area contributed by atoms with Crippen molar-refractivity contribution in [3.63, 3.8) is 0 Å². The molecule has 110 valence electrons. The third-order valence-corrected chi connectivity index (χ3v) is 3.62. The number of fused-ring (bicyclic) bond motifs is 1. The van der Waals surface area contributed by atoms with E-state index in [1.807, 2.05) is 6.07 Å². The number of guanidine groups is 1. The van der Waals surface area contributed by atoms with Gasteiger partial charge in [0.25, 0.3) is 0 Å². The third-order valence-electron chi connectivity index (χ3n) is 3.62. The van der Waals surface area contributed by atoms with Crippen LogP contribution in [0, 0.1) is 6.92 Å². The van der Waals surface area contributed by atoms with Crippen LogP contribution in [0.3, 0.4) is 0 Å². The van der Waals surface area contributed by atoms with Gasteiger partial charge >= 0.3 is 0 Å². The fourth-order valence-electron chi connectivity index (χ4n) is 2.64. The first kappa shape index (κ1) is 13.6. The molecule has 0 amide bonds. The molecule has 21 heavy (non-hydrogen) atoms. The van der Waals surface area contributed by atoms with Crippen LogP contribution in [0.1, 0.15) is 35.7 Å². The van der Waals surface area contributed by atoms with E-state index in [1.54, 1.807) is 6.92 Å². The fraction of sp³-hybridized carbons (Fsp3) is 0.400. The molecule has 0 bridgehead atoms. The molecule has 0 atom stereocenters. The highest BCUT2D eigenvalue weighted by molar-refractivity contribution is 5.93. The number of benzene rings is 1. The molecule has 1 aromatic carbocycles. The van der Waals surface area contributed by atoms with Crippen molar-refractivity contribution in [3.05, 3.63) is 41.0 Å². The van der Waals surface area contributed by atoms with Crippen molar-refractivity contribution in [3.8, 4) is 0 Å². The zero-order valence-corrected chi connectivity index (χ0v) is 12.1. The minimum absolute atomic E-state index is 0.311. The third kappa shape index (κ3) is 3.21. The van der Waals surface area contributed by atoms with Gasteiger partial charge in [0, 0.05) is 12.6 Å². The maximum atomic E-state index is 5.95. The van der Waals surface area contributed by atoms with E-state index < -0.39 is 0 Å². The van der Waals surface area contributed by atoms with Gasteiger partial charge in [0.05, 0.1) is 0 Å². The van der Waals surface area contributed by atoms with Crippen LogP contribution in [0.2, 0.25) is 0 Å². The number of rotatable bonds is 3. The molecule has 0 aliphatic heterocycles. The Morgan fingerprint density at radius 3 is 3.05 bits per heavy atom. The predicted molar refractivity (Wildman–Crippen MR) is 81.1 cm³/mol. The second-order valence-electron chi connectivity index (χ2n) is 5.21. The first-order chi connectivity index (χ1) is 10.2. The van der Waals surface area contributed by atoms with Gasteiger partial charge in [0.15, 0.2) is 11.8 Å². The summed E-state index contributed by atoms with van der Waals surface area (Å²) in [4.78, 5) is 8.34. The lowest BCUT2D eigenvalue weighted by Gasteiger charge is -2.19. The number of aryl methyl sites for hydroxylation is 2. The molecule has 3 N–H and O–H groups in total. The highest BCUT2D eigenvalue weighted by Crippen LogP contribution is 2.27. The first-order valence-corrected chi connectivity index (χ1v) is 7.19. The molecule has 1 heterocycles. The van der Waals surface area contributed by atoms with Crippen molar-refractivity contribution in [2.45, 2.75) is 39.2 Å². The maximum absolute atomic E-state index is 5.95. The second-order valence-corrected chi connectivity index (χ2v) is 5.21. The smallest absolute Gasteiger partial charge is 0.223 e. The summed E-state index contributed by atoms with van der Waals surface area (Å²) in [5.41, 5.74) is 9.77. The zero-order chi connectivity index (χ0) is 14.7. The molecular weight excluding hydrogens is 266 g/mol. The summed E-state index contributed by atoms with van der Waals surface area (Å²) in [7, 11) is 0. The van der Waals surface area contributed by atoms with E-state index in [2.05, 4.69) is 32.6 Å². The summed E-state index contributed by atoms with van der Waals surface area (Å²) in [6, 6.07) is 6.29. The summed E-state index contributed by atoms with van der Waals surface area (Å²) in [5, 5.41) is 6.98.